The number of carbonyl (C=O) groups is 1. The standard InChI is InChI=1S/C5H7BrN4O/c1-10-2-3(6)4(9-10)5(11)8-7/h2H,7H2,1H3,(H,8,11). The van der Waals surface area contributed by atoms with E-state index in [1.54, 1.807) is 13.2 Å². The van der Waals surface area contributed by atoms with Crippen molar-refractivity contribution in [2.24, 2.45) is 12.9 Å². The molecule has 6 heteroatoms. The number of carbonyl (C=O) groups excluding carboxylic acids is 1. The molecule has 0 aliphatic rings. The third-order valence-corrected chi connectivity index (χ3v) is 1.71. The van der Waals surface area contributed by atoms with Crippen LogP contribution in [0.25, 0.3) is 0 Å². The van der Waals surface area contributed by atoms with E-state index in [9.17, 15) is 4.79 Å². The summed E-state index contributed by atoms with van der Waals surface area (Å²) in [6, 6.07) is 0. The summed E-state index contributed by atoms with van der Waals surface area (Å²) >= 11 is 3.16. The third-order valence-electron chi connectivity index (χ3n) is 1.13. The van der Waals surface area contributed by atoms with E-state index >= 15 is 0 Å². The van der Waals surface area contributed by atoms with Crippen molar-refractivity contribution < 1.29 is 4.79 Å². The van der Waals surface area contributed by atoms with Crippen molar-refractivity contribution in [1.82, 2.24) is 15.2 Å². The molecule has 60 valence electrons. The van der Waals surface area contributed by atoms with Crippen LogP contribution in [0.1, 0.15) is 10.5 Å². The molecule has 0 aliphatic carbocycles. The van der Waals surface area contributed by atoms with Gasteiger partial charge in [-0.15, -0.1) is 0 Å². The zero-order valence-corrected chi connectivity index (χ0v) is 7.42. The van der Waals surface area contributed by atoms with Gasteiger partial charge >= 0.3 is 0 Å². The first kappa shape index (κ1) is 8.22. The molecule has 1 aromatic heterocycles. The molecule has 0 atom stereocenters. The van der Waals surface area contributed by atoms with Crippen LogP contribution < -0.4 is 11.3 Å². The monoisotopic (exact) mass is 218 g/mol. The van der Waals surface area contributed by atoms with Gasteiger partial charge in [-0.3, -0.25) is 14.9 Å². The number of nitrogens with one attached hydrogen (secondary N) is 1. The number of aryl methyl sites for hydroxylation is 1. The molecule has 0 aliphatic heterocycles. The number of nitrogens with two attached hydrogens (primary N) is 1. The van der Waals surface area contributed by atoms with E-state index in [2.05, 4.69) is 21.0 Å². The Bertz CT molecular complexity index is 282. The first-order valence-electron chi connectivity index (χ1n) is 2.85. The number of hydrogen-bond acceptors (Lipinski definition) is 3. The predicted octanol–water partition coefficient (Wildman–Crippen LogP) is -0.214. The molecular formula is C5H7BrN4O. The van der Waals surface area contributed by atoms with Gasteiger partial charge in [-0.1, -0.05) is 0 Å². The normalized spacial score (nSPS) is 9.73. The van der Waals surface area contributed by atoms with Crippen molar-refractivity contribution >= 4 is 21.8 Å². The summed E-state index contributed by atoms with van der Waals surface area (Å²) in [7, 11) is 1.72. The zero-order chi connectivity index (χ0) is 8.43. The molecule has 0 saturated heterocycles. The van der Waals surface area contributed by atoms with Crippen LogP contribution in [-0.4, -0.2) is 15.7 Å². The van der Waals surface area contributed by atoms with Crippen LogP contribution in [0.5, 0.6) is 0 Å². The van der Waals surface area contributed by atoms with Crippen molar-refractivity contribution in [1.29, 1.82) is 0 Å². The molecule has 11 heavy (non-hydrogen) atoms. The summed E-state index contributed by atoms with van der Waals surface area (Å²) in [5, 5.41) is 3.86. The Morgan fingerprint density at radius 3 is 2.91 bits per heavy atom. The minimum Gasteiger partial charge on any atom is -0.289 e. The highest BCUT2D eigenvalue weighted by Crippen LogP contribution is 2.13. The fraction of sp³-hybridized carbons (Fsp3) is 0.200. The number of nitrogen functional groups attached to an aromatic ring is 1. The van der Waals surface area contributed by atoms with Gasteiger partial charge in [-0.25, -0.2) is 5.84 Å². The molecular weight excluding hydrogens is 212 g/mol. The van der Waals surface area contributed by atoms with Gasteiger partial charge in [0.1, 0.15) is 0 Å². The lowest BCUT2D eigenvalue weighted by Gasteiger charge is -1.92. The van der Waals surface area contributed by atoms with E-state index in [0.717, 1.165) is 0 Å². The lowest BCUT2D eigenvalue weighted by molar-refractivity contribution is 0.0947. The second-order valence-corrected chi connectivity index (χ2v) is 2.83. The number of halogens is 1. The van der Waals surface area contributed by atoms with Gasteiger partial charge in [-0.2, -0.15) is 5.10 Å². The van der Waals surface area contributed by atoms with Gasteiger partial charge in [0.05, 0.1) is 4.47 Å². The van der Waals surface area contributed by atoms with Gasteiger partial charge in [0.25, 0.3) is 5.91 Å². The van der Waals surface area contributed by atoms with E-state index in [4.69, 9.17) is 5.84 Å². The van der Waals surface area contributed by atoms with E-state index in [-0.39, 0.29) is 5.69 Å². The number of hydrazine groups is 1. The van der Waals surface area contributed by atoms with Crippen LogP contribution in [0.3, 0.4) is 0 Å². The summed E-state index contributed by atoms with van der Waals surface area (Å²) in [5.74, 6) is 4.51. The Hall–Kier alpha value is -0.880. The van der Waals surface area contributed by atoms with E-state index in [1.165, 1.54) is 4.68 Å². The minimum absolute atomic E-state index is 0.287. The highest BCUT2D eigenvalue weighted by Gasteiger charge is 2.11. The van der Waals surface area contributed by atoms with Crippen molar-refractivity contribution in [3.8, 4) is 0 Å². The maximum atomic E-state index is 10.9. The van der Waals surface area contributed by atoms with Crippen molar-refractivity contribution in [3.63, 3.8) is 0 Å². The number of hydrogen-bond donors (Lipinski definition) is 2. The summed E-state index contributed by atoms with van der Waals surface area (Å²) in [6.45, 7) is 0. The van der Waals surface area contributed by atoms with Gasteiger partial charge < -0.3 is 0 Å². The second kappa shape index (κ2) is 3.02. The average Bonchev–Trinajstić information content (AvgIpc) is 2.28. The lowest BCUT2D eigenvalue weighted by atomic mass is 10.4. The topological polar surface area (TPSA) is 72.9 Å². The molecule has 1 heterocycles. The van der Waals surface area contributed by atoms with Crippen molar-refractivity contribution in [2.75, 3.05) is 0 Å². The van der Waals surface area contributed by atoms with Gasteiger partial charge in [0.15, 0.2) is 5.69 Å². The summed E-state index contributed by atoms with van der Waals surface area (Å²) in [6.07, 6.45) is 1.67. The smallest absolute Gasteiger partial charge is 0.286 e. The summed E-state index contributed by atoms with van der Waals surface area (Å²) < 4.78 is 2.15. The molecule has 1 rings (SSSR count). The molecule has 0 spiro atoms. The van der Waals surface area contributed by atoms with Crippen LogP contribution in [-0.2, 0) is 7.05 Å². The Morgan fingerprint density at radius 1 is 1.91 bits per heavy atom. The van der Waals surface area contributed by atoms with Crippen molar-refractivity contribution in [3.05, 3.63) is 16.4 Å². The molecule has 0 bridgehead atoms. The van der Waals surface area contributed by atoms with Crippen LogP contribution in [0.15, 0.2) is 10.7 Å². The second-order valence-electron chi connectivity index (χ2n) is 1.97. The zero-order valence-electron chi connectivity index (χ0n) is 5.84. The minimum atomic E-state index is -0.405. The number of aromatic nitrogens is 2. The van der Waals surface area contributed by atoms with Crippen LogP contribution in [0, 0.1) is 0 Å². The fourth-order valence-corrected chi connectivity index (χ4v) is 1.24. The first-order chi connectivity index (χ1) is 5.15. The Labute approximate surface area is 71.7 Å². The maximum Gasteiger partial charge on any atom is 0.286 e. The largest absolute Gasteiger partial charge is 0.289 e. The Balaban J connectivity index is 3.03. The first-order valence-corrected chi connectivity index (χ1v) is 3.64. The third kappa shape index (κ3) is 1.58. The molecule has 0 aromatic carbocycles. The highest BCUT2D eigenvalue weighted by atomic mass is 79.9. The Morgan fingerprint density at radius 2 is 2.55 bits per heavy atom. The molecule has 1 amide bonds. The van der Waals surface area contributed by atoms with Crippen LogP contribution in [0.4, 0.5) is 0 Å². The molecule has 0 saturated carbocycles. The van der Waals surface area contributed by atoms with Gasteiger partial charge in [0.2, 0.25) is 0 Å². The van der Waals surface area contributed by atoms with Gasteiger partial charge in [0, 0.05) is 13.2 Å². The van der Waals surface area contributed by atoms with Crippen LogP contribution in [0.2, 0.25) is 0 Å². The molecule has 0 radical (unpaired) electrons. The molecule has 0 fully saturated rings. The molecule has 1 aromatic rings. The predicted molar refractivity (Wildman–Crippen MR) is 42.6 cm³/mol. The molecule has 5 nitrogen and oxygen atoms in total. The molecule has 0 unspecified atom stereocenters. The number of rotatable bonds is 1. The van der Waals surface area contributed by atoms with E-state index in [1.807, 2.05) is 5.43 Å². The number of nitrogens with zero attached hydrogens (tertiary/aromatic N) is 2. The quantitative estimate of drug-likeness (QED) is 0.389. The molecule has 3 N–H and O–H groups in total. The summed E-state index contributed by atoms with van der Waals surface area (Å²) in [5.41, 5.74) is 2.28. The van der Waals surface area contributed by atoms with E-state index in [0.29, 0.717) is 4.47 Å². The highest BCUT2D eigenvalue weighted by molar-refractivity contribution is 9.10. The fourth-order valence-electron chi connectivity index (χ4n) is 0.682. The lowest BCUT2D eigenvalue weighted by Crippen LogP contribution is -2.30. The van der Waals surface area contributed by atoms with Gasteiger partial charge in [-0.05, 0) is 15.9 Å². The SMILES string of the molecule is Cn1cc(Br)c(C(=O)NN)n1. The summed E-state index contributed by atoms with van der Waals surface area (Å²) in [4.78, 5) is 10.9. The maximum absolute atomic E-state index is 10.9. The van der Waals surface area contributed by atoms with Crippen molar-refractivity contribution in [2.45, 2.75) is 0 Å². The van der Waals surface area contributed by atoms with E-state index < -0.39 is 5.91 Å². The Kier molecular flexibility index (Phi) is 2.25. The average molecular weight is 219 g/mol. The van der Waals surface area contributed by atoms with Crippen LogP contribution >= 0.6 is 15.9 Å². The number of amides is 1.